The summed E-state index contributed by atoms with van der Waals surface area (Å²) in [6.45, 7) is 5.95. The first-order valence-corrected chi connectivity index (χ1v) is 5.60. The Hall–Kier alpha value is -1.58. The highest BCUT2D eigenvalue weighted by molar-refractivity contribution is 5.94. The molecule has 1 rings (SSSR count). The number of rotatable bonds is 4. The van der Waals surface area contributed by atoms with E-state index in [-0.39, 0.29) is 17.7 Å². The van der Waals surface area contributed by atoms with Gasteiger partial charge in [0.25, 0.3) is 5.91 Å². The average molecular weight is 239 g/mol. The molecule has 1 aromatic rings. The summed E-state index contributed by atoms with van der Waals surface area (Å²) < 4.78 is 18.2. The lowest BCUT2D eigenvalue weighted by molar-refractivity contribution is 0.0930. The Balaban J connectivity index is 2.80. The molecule has 0 aliphatic heterocycles. The SMILES string of the molecule is COc1ccc(C(=O)N[C@H](C)C(C)C)cc1F. The molecule has 0 aromatic heterocycles. The molecule has 0 saturated carbocycles. The van der Waals surface area contributed by atoms with Gasteiger partial charge < -0.3 is 10.1 Å². The maximum absolute atomic E-state index is 13.4. The van der Waals surface area contributed by atoms with Crippen molar-refractivity contribution in [2.45, 2.75) is 26.8 Å². The zero-order chi connectivity index (χ0) is 13.0. The number of halogens is 1. The van der Waals surface area contributed by atoms with Crippen molar-refractivity contribution >= 4 is 5.91 Å². The molecule has 94 valence electrons. The molecule has 1 amide bonds. The monoisotopic (exact) mass is 239 g/mol. The smallest absolute Gasteiger partial charge is 0.251 e. The quantitative estimate of drug-likeness (QED) is 0.877. The van der Waals surface area contributed by atoms with Crippen LogP contribution in [0.3, 0.4) is 0 Å². The lowest BCUT2D eigenvalue weighted by Gasteiger charge is -2.17. The number of ether oxygens (including phenoxy) is 1. The van der Waals surface area contributed by atoms with Crippen molar-refractivity contribution in [2.24, 2.45) is 5.92 Å². The molecule has 0 aliphatic rings. The minimum atomic E-state index is -0.530. The Kier molecular flexibility index (Phi) is 4.49. The zero-order valence-corrected chi connectivity index (χ0v) is 10.6. The molecule has 0 heterocycles. The first kappa shape index (κ1) is 13.5. The maximum Gasteiger partial charge on any atom is 0.251 e. The standard InChI is InChI=1S/C13H18FNO2/c1-8(2)9(3)15-13(16)10-5-6-12(17-4)11(14)7-10/h5-9H,1-4H3,(H,15,16)/t9-/m1/s1. The fourth-order valence-corrected chi connectivity index (χ4v) is 1.26. The lowest BCUT2D eigenvalue weighted by Crippen LogP contribution is -2.36. The van der Waals surface area contributed by atoms with Crippen LogP contribution in [-0.4, -0.2) is 19.1 Å². The molecule has 17 heavy (non-hydrogen) atoms. The maximum atomic E-state index is 13.4. The minimum Gasteiger partial charge on any atom is -0.494 e. The Bertz CT molecular complexity index is 404. The van der Waals surface area contributed by atoms with Crippen LogP contribution in [0.15, 0.2) is 18.2 Å². The third-order valence-electron chi connectivity index (χ3n) is 2.77. The van der Waals surface area contributed by atoms with Crippen molar-refractivity contribution in [3.8, 4) is 5.75 Å². The molecule has 0 bridgehead atoms. The van der Waals surface area contributed by atoms with Gasteiger partial charge in [0.1, 0.15) is 0 Å². The van der Waals surface area contributed by atoms with Gasteiger partial charge in [0.2, 0.25) is 0 Å². The predicted octanol–water partition coefficient (Wildman–Crippen LogP) is 2.61. The van der Waals surface area contributed by atoms with E-state index >= 15 is 0 Å². The molecular weight excluding hydrogens is 221 g/mol. The van der Waals surface area contributed by atoms with Gasteiger partial charge in [0.05, 0.1) is 7.11 Å². The second kappa shape index (κ2) is 5.66. The van der Waals surface area contributed by atoms with Crippen molar-refractivity contribution in [3.05, 3.63) is 29.6 Å². The summed E-state index contributed by atoms with van der Waals surface area (Å²) in [4.78, 5) is 11.8. The third-order valence-corrected chi connectivity index (χ3v) is 2.77. The number of hydrogen-bond donors (Lipinski definition) is 1. The topological polar surface area (TPSA) is 38.3 Å². The van der Waals surface area contributed by atoms with Crippen molar-refractivity contribution < 1.29 is 13.9 Å². The van der Waals surface area contributed by atoms with Gasteiger partial charge in [-0.25, -0.2) is 4.39 Å². The molecule has 1 atom stereocenters. The first-order chi connectivity index (χ1) is 7.95. The molecule has 0 aliphatic carbocycles. The van der Waals surface area contributed by atoms with Crippen LogP contribution in [0.25, 0.3) is 0 Å². The second-order valence-corrected chi connectivity index (χ2v) is 4.36. The van der Waals surface area contributed by atoms with Crippen molar-refractivity contribution in [1.82, 2.24) is 5.32 Å². The van der Waals surface area contributed by atoms with Gasteiger partial charge >= 0.3 is 0 Å². The van der Waals surface area contributed by atoms with Gasteiger partial charge in [-0.3, -0.25) is 4.79 Å². The van der Waals surface area contributed by atoms with Crippen LogP contribution in [0.1, 0.15) is 31.1 Å². The summed E-state index contributed by atoms with van der Waals surface area (Å²) in [5, 5.41) is 2.81. The van der Waals surface area contributed by atoms with Gasteiger partial charge in [-0.2, -0.15) is 0 Å². The van der Waals surface area contributed by atoms with Crippen molar-refractivity contribution in [3.63, 3.8) is 0 Å². The number of methoxy groups -OCH3 is 1. The lowest BCUT2D eigenvalue weighted by atomic mass is 10.1. The Morgan fingerprint density at radius 3 is 2.47 bits per heavy atom. The fraction of sp³-hybridized carbons (Fsp3) is 0.462. The summed E-state index contributed by atoms with van der Waals surface area (Å²) in [6, 6.07) is 4.23. The van der Waals surface area contributed by atoms with Gasteiger partial charge in [0.15, 0.2) is 11.6 Å². The van der Waals surface area contributed by atoms with Crippen LogP contribution in [0.4, 0.5) is 4.39 Å². The van der Waals surface area contributed by atoms with Crippen LogP contribution in [0.5, 0.6) is 5.75 Å². The van der Waals surface area contributed by atoms with Crippen LogP contribution < -0.4 is 10.1 Å². The largest absolute Gasteiger partial charge is 0.494 e. The number of carbonyl (C=O) groups excluding carboxylic acids is 1. The normalized spacial score (nSPS) is 12.4. The van der Waals surface area contributed by atoms with Crippen LogP contribution in [0.2, 0.25) is 0 Å². The highest BCUT2D eigenvalue weighted by Gasteiger charge is 2.14. The molecule has 0 saturated heterocycles. The molecule has 0 unspecified atom stereocenters. The number of benzene rings is 1. The van der Waals surface area contributed by atoms with E-state index in [4.69, 9.17) is 4.74 Å². The van der Waals surface area contributed by atoms with E-state index in [1.165, 1.54) is 19.2 Å². The summed E-state index contributed by atoms with van der Waals surface area (Å²) in [7, 11) is 1.39. The molecule has 1 aromatic carbocycles. The van der Waals surface area contributed by atoms with E-state index < -0.39 is 5.82 Å². The van der Waals surface area contributed by atoms with E-state index in [0.29, 0.717) is 11.5 Å². The molecule has 0 fully saturated rings. The number of hydrogen-bond acceptors (Lipinski definition) is 2. The molecular formula is C13H18FNO2. The Morgan fingerprint density at radius 2 is 2.00 bits per heavy atom. The van der Waals surface area contributed by atoms with Gasteiger partial charge in [-0.15, -0.1) is 0 Å². The predicted molar refractivity (Wildman–Crippen MR) is 64.7 cm³/mol. The van der Waals surface area contributed by atoms with Gasteiger partial charge in [-0.1, -0.05) is 13.8 Å². The average Bonchev–Trinajstić information content (AvgIpc) is 2.28. The fourth-order valence-electron chi connectivity index (χ4n) is 1.26. The third kappa shape index (κ3) is 3.44. The molecule has 4 heteroatoms. The highest BCUT2D eigenvalue weighted by atomic mass is 19.1. The summed E-state index contributed by atoms with van der Waals surface area (Å²) in [5.41, 5.74) is 0.302. The zero-order valence-electron chi connectivity index (χ0n) is 10.6. The second-order valence-electron chi connectivity index (χ2n) is 4.36. The highest BCUT2D eigenvalue weighted by Crippen LogP contribution is 2.17. The van der Waals surface area contributed by atoms with E-state index in [9.17, 15) is 9.18 Å². The van der Waals surface area contributed by atoms with Gasteiger partial charge in [0, 0.05) is 11.6 Å². The number of carbonyl (C=O) groups is 1. The van der Waals surface area contributed by atoms with E-state index in [0.717, 1.165) is 0 Å². The van der Waals surface area contributed by atoms with E-state index in [1.807, 2.05) is 20.8 Å². The number of nitrogens with one attached hydrogen (secondary N) is 1. The van der Waals surface area contributed by atoms with Crippen LogP contribution >= 0.6 is 0 Å². The first-order valence-electron chi connectivity index (χ1n) is 5.60. The number of amides is 1. The molecule has 0 spiro atoms. The summed E-state index contributed by atoms with van der Waals surface area (Å²) in [5.74, 6) is -0.328. The van der Waals surface area contributed by atoms with E-state index in [1.54, 1.807) is 6.07 Å². The molecule has 0 radical (unpaired) electrons. The van der Waals surface area contributed by atoms with Crippen molar-refractivity contribution in [1.29, 1.82) is 0 Å². The van der Waals surface area contributed by atoms with Crippen molar-refractivity contribution in [2.75, 3.05) is 7.11 Å². The Morgan fingerprint density at radius 1 is 1.35 bits per heavy atom. The molecule has 1 N–H and O–H groups in total. The van der Waals surface area contributed by atoms with Crippen LogP contribution in [0, 0.1) is 11.7 Å². The van der Waals surface area contributed by atoms with Crippen LogP contribution in [-0.2, 0) is 0 Å². The summed E-state index contributed by atoms with van der Waals surface area (Å²) >= 11 is 0. The molecule has 3 nitrogen and oxygen atoms in total. The Labute approximate surface area is 101 Å². The van der Waals surface area contributed by atoms with E-state index in [2.05, 4.69) is 5.32 Å². The van der Waals surface area contributed by atoms with Gasteiger partial charge in [-0.05, 0) is 31.0 Å². The summed E-state index contributed by atoms with van der Waals surface area (Å²) in [6.07, 6.45) is 0. The minimum absolute atomic E-state index is 0.0488.